The Kier molecular flexibility index (Phi) is 16.0. The zero-order valence-corrected chi connectivity index (χ0v) is 23.3. The molecule has 0 amide bonds. The summed E-state index contributed by atoms with van der Waals surface area (Å²) in [4.78, 5) is 33.3. The van der Waals surface area contributed by atoms with E-state index >= 15 is 0 Å². The van der Waals surface area contributed by atoms with E-state index in [1.807, 2.05) is 0 Å². The Hall–Kier alpha value is -5.13. The Morgan fingerprint density at radius 1 is 0.804 bits per heavy atom. The highest BCUT2D eigenvalue weighted by molar-refractivity contribution is 5.72. The van der Waals surface area contributed by atoms with Crippen molar-refractivity contribution < 1.29 is 74.4 Å². The van der Waals surface area contributed by atoms with E-state index in [0.717, 1.165) is 42.7 Å². The van der Waals surface area contributed by atoms with Gasteiger partial charge in [-0.1, -0.05) is 60.7 Å². The molecule has 0 heterocycles. The number of hydrogen-bond donors (Lipinski definition) is 3. The summed E-state index contributed by atoms with van der Waals surface area (Å²) >= 11 is 0. The Balaban J connectivity index is 0.000000634. The third-order valence-corrected chi connectivity index (χ3v) is 4.98. The van der Waals surface area contributed by atoms with E-state index in [2.05, 4.69) is 11.5 Å². The fraction of sp³-hybridized carbons (Fsp3) is 0.214. The van der Waals surface area contributed by atoms with Crippen LogP contribution in [0.3, 0.4) is 0 Å². The largest absolute Gasteiger partial charge is 0.481 e. The number of aryl methyl sites for hydroxylation is 1. The maximum atomic E-state index is 12.5. The zero-order chi connectivity index (χ0) is 35.9. The molecule has 0 fully saturated rings. The zero-order valence-electron chi connectivity index (χ0n) is 23.3. The Bertz CT molecular complexity index is 1470. The molecule has 3 rings (SSSR count). The molecule has 0 spiro atoms. The van der Waals surface area contributed by atoms with Crippen LogP contribution in [0.2, 0.25) is 0 Å². The van der Waals surface area contributed by atoms with E-state index < -0.39 is 76.2 Å². The van der Waals surface area contributed by atoms with Crippen molar-refractivity contribution in [3.05, 3.63) is 123 Å². The van der Waals surface area contributed by atoms with Gasteiger partial charge in [0, 0.05) is 5.56 Å². The predicted octanol–water partition coefficient (Wildman–Crippen LogP) is 8.21. The SMILES string of the molecule is C=COO.Cc1cccc(C(F)(F)F)c1.O=C(O)Cc1cccc(C(F)(F)F)c1.O=C(O)Cc1cccc(C(F)(F)F)c1[N+](=O)[O-]. The quantitative estimate of drug-likeness (QED) is 0.0780. The monoisotopic (exact) mass is 673 g/mol. The van der Waals surface area contributed by atoms with E-state index in [0.29, 0.717) is 11.6 Å². The number of aliphatic carboxylic acids is 2. The summed E-state index contributed by atoms with van der Waals surface area (Å²) in [5.41, 5.74) is -3.76. The molecule has 9 nitrogen and oxygen atoms in total. The van der Waals surface area contributed by atoms with Gasteiger partial charge in [0.25, 0.3) is 5.69 Å². The average Bonchev–Trinajstić information content (AvgIpc) is 2.92. The van der Waals surface area contributed by atoms with Gasteiger partial charge < -0.3 is 15.1 Å². The van der Waals surface area contributed by atoms with Crippen molar-refractivity contribution in [1.82, 2.24) is 0 Å². The van der Waals surface area contributed by atoms with Crippen LogP contribution in [-0.4, -0.2) is 32.3 Å². The van der Waals surface area contributed by atoms with Crippen molar-refractivity contribution in [2.24, 2.45) is 0 Å². The van der Waals surface area contributed by atoms with Gasteiger partial charge in [-0.3, -0.25) is 19.7 Å². The van der Waals surface area contributed by atoms with Gasteiger partial charge in [0.15, 0.2) is 0 Å². The molecule has 3 aromatic rings. The number of para-hydroxylation sites is 1. The highest BCUT2D eigenvalue weighted by Crippen LogP contribution is 2.38. The molecule has 46 heavy (non-hydrogen) atoms. The normalized spacial score (nSPS) is 10.8. The van der Waals surface area contributed by atoms with Crippen molar-refractivity contribution in [3.63, 3.8) is 0 Å². The molecule has 0 aliphatic carbocycles. The molecule has 0 saturated carbocycles. The van der Waals surface area contributed by atoms with Gasteiger partial charge in [0.05, 0.1) is 28.9 Å². The second kappa shape index (κ2) is 18.0. The van der Waals surface area contributed by atoms with E-state index in [4.69, 9.17) is 15.5 Å². The molecule has 0 saturated heterocycles. The molecule has 0 radical (unpaired) electrons. The lowest BCUT2D eigenvalue weighted by Crippen LogP contribution is -2.12. The molecule has 0 bridgehead atoms. The standard InChI is InChI=1S/C9H6F3NO4.C9H7F3O2.C8H7F3.C2H4O2/c10-9(11,12)6-3-1-2-5(4-7(14)15)8(6)13(16)17;10-9(11,12)7-3-1-2-6(4-7)5-8(13)14;1-6-3-2-4-7(5-6)8(9,10)11;1-2-4-3/h1-3H,4H2,(H,14,15);1-4H,5H2,(H,13,14);2-5H,1H3;2-3H,1H2. The van der Waals surface area contributed by atoms with Crippen LogP contribution in [0.4, 0.5) is 45.2 Å². The molecule has 18 heteroatoms. The fourth-order valence-corrected chi connectivity index (χ4v) is 3.19. The number of carboxylic acid groups (broad SMARTS) is 2. The molecule has 3 N–H and O–H groups in total. The number of nitro groups is 1. The second-order valence-corrected chi connectivity index (χ2v) is 8.55. The average molecular weight is 673 g/mol. The molecule has 0 aliphatic rings. The number of carboxylic acids is 2. The van der Waals surface area contributed by atoms with Crippen molar-refractivity contribution in [2.45, 2.75) is 38.3 Å². The lowest BCUT2D eigenvalue weighted by molar-refractivity contribution is -0.388. The summed E-state index contributed by atoms with van der Waals surface area (Å²) in [6, 6.07) is 12.0. The number of rotatable bonds is 6. The lowest BCUT2D eigenvalue weighted by atomic mass is 10.0. The number of alkyl halides is 9. The van der Waals surface area contributed by atoms with Gasteiger partial charge in [-0.25, -0.2) is 5.26 Å². The summed E-state index contributed by atoms with van der Waals surface area (Å²) in [5, 5.41) is 34.7. The second-order valence-electron chi connectivity index (χ2n) is 8.55. The van der Waals surface area contributed by atoms with E-state index in [1.165, 1.54) is 18.2 Å². The first-order valence-electron chi connectivity index (χ1n) is 12.0. The van der Waals surface area contributed by atoms with Gasteiger partial charge in [-0.05, 0) is 30.7 Å². The summed E-state index contributed by atoms with van der Waals surface area (Å²) in [6.07, 6.45) is -13.8. The van der Waals surface area contributed by atoms with Crippen LogP contribution in [0.15, 0.2) is 79.6 Å². The fourth-order valence-electron chi connectivity index (χ4n) is 3.19. The minimum Gasteiger partial charge on any atom is -0.481 e. The van der Waals surface area contributed by atoms with E-state index in [-0.39, 0.29) is 5.56 Å². The number of hydrogen-bond acceptors (Lipinski definition) is 6. The molecule has 0 aliphatic heterocycles. The smallest absolute Gasteiger partial charge is 0.423 e. The third kappa shape index (κ3) is 15.6. The van der Waals surface area contributed by atoms with Crippen LogP contribution in [0.25, 0.3) is 0 Å². The minimum atomic E-state index is -4.89. The lowest BCUT2D eigenvalue weighted by Gasteiger charge is -2.09. The Labute approximate surface area is 253 Å². The Morgan fingerprint density at radius 3 is 1.63 bits per heavy atom. The van der Waals surface area contributed by atoms with Gasteiger partial charge in [-0.2, -0.15) is 39.5 Å². The highest BCUT2D eigenvalue weighted by atomic mass is 19.4. The van der Waals surface area contributed by atoms with Crippen LogP contribution in [-0.2, 0) is 45.8 Å². The molecule has 0 aromatic heterocycles. The van der Waals surface area contributed by atoms with Gasteiger partial charge >= 0.3 is 30.5 Å². The molecule has 0 atom stereocenters. The maximum Gasteiger partial charge on any atom is 0.423 e. The van der Waals surface area contributed by atoms with Crippen LogP contribution in [0.1, 0.15) is 33.4 Å². The number of benzene rings is 3. The van der Waals surface area contributed by atoms with Crippen molar-refractivity contribution >= 4 is 17.6 Å². The van der Waals surface area contributed by atoms with Gasteiger partial charge in [0.2, 0.25) is 0 Å². The van der Waals surface area contributed by atoms with Gasteiger partial charge in [-0.15, -0.1) is 0 Å². The molecule has 3 aromatic carbocycles. The molecular formula is C28H24F9NO8. The first kappa shape index (κ1) is 40.9. The van der Waals surface area contributed by atoms with Crippen LogP contribution < -0.4 is 0 Å². The molecule has 0 unspecified atom stereocenters. The summed E-state index contributed by atoms with van der Waals surface area (Å²) in [5.74, 6) is -2.59. The number of nitro benzene ring substituents is 1. The predicted molar refractivity (Wildman–Crippen MR) is 142 cm³/mol. The van der Waals surface area contributed by atoms with Crippen LogP contribution in [0.5, 0.6) is 0 Å². The van der Waals surface area contributed by atoms with Crippen LogP contribution in [0, 0.1) is 17.0 Å². The third-order valence-electron chi connectivity index (χ3n) is 4.98. The van der Waals surface area contributed by atoms with Gasteiger partial charge in [0.1, 0.15) is 11.8 Å². The van der Waals surface area contributed by atoms with Crippen molar-refractivity contribution in [1.29, 1.82) is 0 Å². The van der Waals surface area contributed by atoms with Crippen molar-refractivity contribution in [3.8, 4) is 0 Å². The van der Waals surface area contributed by atoms with Crippen molar-refractivity contribution in [2.75, 3.05) is 0 Å². The first-order valence-corrected chi connectivity index (χ1v) is 12.0. The van der Waals surface area contributed by atoms with E-state index in [1.54, 1.807) is 13.0 Å². The number of carbonyl (C=O) groups is 2. The minimum absolute atomic E-state index is 0.146. The number of halogens is 9. The molecule has 252 valence electrons. The maximum absolute atomic E-state index is 12.5. The summed E-state index contributed by atoms with van der Waals surface area (Å²) in [7, 11) is 0. The van der Waals surface area contributed by atoms with E-state index in [9.17, 15) is 59.2 Å². The summed E-state index contributed by atoms with van der Waals surface area (Å²) < 4.78 is 110. The summed E-state index contributed by atoms with van der Waals surface area (Å²) in [6.45, 7) is 4.64. The number of nitrogens with zero attached hydrogens (tertiary/aromatic N) is 1. The molecular weight excluding hydrogens is 649 g/mol. The highest BCUT2D eigenvalue weighted by Gasteiger charge is 2.39. The first-order chi connectivity index (χ1) is 21.0. The Morgan fingerprint density at radius 2 is 1.26 bits per heavy atom. The van der Waals surface area contributed by atoms with Crippen LogP contribution >= 0.6 is 0 Å². The topological polar surface area (TPSA) is 147 Å².